The zero-order chi connectivity index (χ0) is 41.7. The van der Waals surface area contributed by atoms with Crippen LogP contribution in [0, 0.1) is 50.2 Å². The number of aliphatic carboxylic acids is 1. The molecule has 0 aromatic carbocycles. The van der Waals surface area contributed by atoms with Crippen molar-refractivity contribution in [3.8, 4) is 0 Å². The summed E-state index contributed by atoms with van der Waals surface area (Å²) in [6.45, 7) is 9.90. The van der Waals surface area contributed by atoms with Gasteiger partial charge >= 0.3 is 11.9 Å². The lowest BCUT2D eigenvalue weighted by Crippen LogP contribution is -2.67. The molecule has 0 radical (unpaired) electrons. The Balaban J connectivity index is 1.09. The van der Waals surface area contributed by atoms with Crippen molar-refractivity contribution in [3.05, 3.63) is 11.6 Å². The zero-order valence-corrected chi connectivity index (χ0v) is 34.2. The number of hydrogen-bond acceptors (Lipinski definition) is 14. The van der Waals surface area contributed by atoms with Crippen LogP contribution in [0.25, 0.3) is 0 Å². The standard InChI is InChI=1S/C42H66O15/c1-37(36(52)53-6)13-15-42(35(50)51)16-14-40(4)21(22(42)17-37)7-8-26-38(2)11-10-27(39(3,20-44)25(38)9-12-41(26,40)5)57-33-31(48)29(46)24(19-54-33)56-34-32(49)30(47)28(45)23(18-43)55-34/h7,22-34,43-49H,8-20H2,1-6H3,(H,50,51)/t22?,23?,24?,25?,26?,27?,28?,29?,30?,31?,32?,33?,34?,37-,38-,39-,40+,41+,42-/m0/s1. The third kappa shape index (κ3) is 6.30. The third-order valence-electron chi connectivity index (χ3n) is 17.5. The molecule has 4 saturated carbocycles. The smallest absolute Gasteiger partial charge is 0.311 e. The Morgan fingerprint density at radius 1 is 0.807 bits per heavy atom. The minimum absolute atomic E-state index is 0.0253. The van der Waals surface area contributed by atoms with E-state index in [1.54, 1.807) is 0 Å². The Kier molecular flexibility index (Phi) is 11.4. The minimum Gasteiger partial charge on any atom is -0.481 e. The fraction of sp³-hybridized carbons (Fsp3) is 0.905. The average Bonchev–Trinajstić information content (AvgIpc) is 3.18. The van der Waals surface area contributed by atoms with Crippen molar-refractivity contribution < 1.29 is 74.1 Å². The van der Waals surface area contributed by atoms with Gasteiger partial charge in [0, 0.05) is 5.41 Å². The van der Waals surface area contributed by atoms with E-state index in [0.29, 0.717) is 32.1 Å². The molecule has 2 aliphatic heterocycles. The van der Waals surface area contributed by atoms with Gasteiger partial charge in [-0.05, 0) is 105 Å². The van der Waals surface area contributed by atoms with Gasteiger partial charge in [0.25, 0.3) is 0 Å². The summed E-state index contributed by atoms with van der Waals surface area (Å²) < 4.78 is 28.8. The first-order valence-corrected chi connectivity index (χ1v) is 20.9. The highest BCUT2D eigenvalue weighted by atomic mass is 16.7. The first-order valence-electron chi connectivity index (χ1n) is 20.9. The molecule has 8 N–H and O–H groups in total. The third-order valence-corrected chi connectivity index (χ3v) is 17.5. The second kappa shape index (κ2) is 15.0. The molecule has 15 nitrogen and oxygen atoms in total. The lowest BCUT2D eigenvalue weighted by atomic mass is 9.33. The van der Waals surface area contributed by atoms with Gasteiger partial charge in [-0.2, -0.15) is 0 Å². The number of carboxylic acid groups (broad SMARTS) is 1. The van der Waals surface area contributed by atoms with E-state index < -0.39 is 90.2 Å². The van der Waals surface area contributed by atoms with Gasteiger partial charge in [-0.25, -0.2) is 0 Å². The fourth-order valence-corrected chi connectivity index (χ4v) is 13.6. The van der Waals surface area contributed by atoms with Crippen molar-refractivity contribution >= 4 is 11.9 Å². The monoisotopic (exact) mass is 810 g/mol. The average molecular weight is 811 g/mol. The predicted octanol–water partition coefficient (Wildman–Crippen LogP) is 1.65. The molecule has 57 heavy (non-hydrogen) atoms. The number of rotatable bonds is 8. The maximum absolute atomic E-state index is 13.1. The molecule has 7 aliphatic rings. The van der Waals surface area contributed by atoms with Crippen LogP contribution in [0.2, 0.25) is 0 Å². The number of carboxylic acids is 1. The number of aliphatic hydroxyl groups excluding tert-OH is 7. The molecule has 6 fully saturated rings. The number of fused-ring (bicyclic) bond motifs is 7. The molecule has 0 aromatic rings. The number of methoxy groups -OCH3 is 1. The molecule has 19 atom stereocenters. The number of esters is 1. The summed E-state index contributed by atoms with van der Waals surface area (Å²) in [6.07, 6.45) is -5.10. The van der Waals surface area contributed by atoms with Gasteiger partial charge in [0.15, 0.2) is 12.6 Å². The van der Waals surface area contributed by atoms with Crippen molar-refractivity contribution in [2.45, 2.75) is 160 Å². The van der Waals surface area contributed by atoms with E-state index in [1.807, 2.05) is 13.8 Å². The number of aliphatic hydroxyl groups is 7. The Hall–Kier alpha value is -1.76. The van der Waals surface area contributed by atoms with Gasteiger partial charge in [0.2, 0.25) is 0 Å². The molecule has 7 rings (SSSR count). The van der Waals surface area contributed by atoms with E-state index in [0.717, 1.165) is 32.1 Å². The second-order valence-corrected chi connectivity index (χ2v) is 19.9. The van der Waals surface area contributed by atoms with E-state index in [2.05, 4.69) is 26.8 Å². The van der Waals surface area contributed by atoms with Crippen LogP contribution in [-0.4, -0.2) is 141 Å². The zero-order valence-electron chi connectivity index (χ0n) is 34.2. The fourth-order valence-electron chi connectivity index (χ4n) is 13.6. The van der Waals surface area contributed by atoms with Crippen molar-refractivity contribution in [2.75, 3.05) is 26.9 Å². The van der Waals surface area contributed by atoms with Crippen LogP contribution >= 0.6 is 0 Å². The van der Waals surface area contributed by atoms with Crippen molar-refractivity contribution in [3.63, 3.8) is 0 Å². The lowest BCUT2D eigenvalue weighted by Gasteiger charge is -2.71. The molecular weight excluding hydrogens is 744 g/mol. The molecule has 0 amide bonds. The molecule has 0 spiro atoms. The van der Waals surface area contributed by atoms with E-state index in [-0.39, 0.29) is 53.2 Å². The van der Waals surface area contributed by atoms with Crippen LogP contribution in [0.15, 0.2) is 11.6 Å². The summed E-state index contributed by atoms with van der Waals surface area (Å²) in [5.41, 5.74) is -1.94. The Bertz CT molecular complexity index is 1570. The molecule has 2 saturated heterocycles. The van der Waals surface area contributed by atoms with Gasteiger partial charge in [0.05, 0.1) is 43.9 Å². The molecule has 0 aromatic heterocycles. The Labute approximate surface area is 334 Å². The highest BCUT2D eigenvalue weighted by molar-refractivity contribution is 5.80. The maximum atomic E-state index is 13.1. The summed E-state index contributed by atoms with van der Waals surface area (Å²) >= 11 is 0. The number of hydrogen-bond donors (Lipinski definition) is 8. The molecule has 324 valence electrons. The number of carbonyl (C=O) groups excluding carboxylic acids is 1. The van der Waals surface area contributed by atoms with E-state index >= 15 is 0 Å². The lowest BCUT2D eigenvalue weighted by molar-refractivity contribution is -0.352. The number of ether oxygens (including phenoxy) is 5. The van der Waals surface area contributed by atoms with Crippen LogP contribution < -0.4 is 0 Å². The Morgan fingerprint density at radius 3 is 2.14 bits per heavy atom. The highest BCUT2D eigenvalue weighted by Crippen LogP contribution is 2.76. The van der Waals surface area contributed by atoms with Crippen molar-refractivity contribution in [1.82, 2.24) is 0 Å². The molecule has 5 aliphatic carbocycles. The van der Waals surface area contributed by atoms with Crippen LogP contribution in [0.5, 0.6) is 0 Å². The summed E-state index contributed by atoms with van der Waals surface area (Å²) in [5.74, 6) is -1.10. The Morgan fingerprint density at radius 2 is 1.49 bits per heavy atom. The first kappa shape index (κ1) is 43.3. The van der Waals surface area contributed by atoms with Gasteiger partial charge in [-0.15, -0.1) is 0 Å². The van der Waals surface area contributed by atoms with Gasteiger partial charge in [-0.3, -0.25) is 9.59 Å². The largest absolute Gasteiger partial charge is 0.481 e. The highest BCUT2D eigenvalue weighted by Gasteiger charge is 2.70. The normalized spacial score (nSPS) is 53.6. The number of carbonyl (C=O) groups is 2. The number of allylic oxidation sites excluding steroid dienone is 2. The van der Waals surface area contributed by atoms with E-state index in [1.165, 1.54) is 12.7 Å². The summed E-state index contributed by atoms with van der Waals surface area (Å²) in [6, 6.07) is 0. The van der Waals surface area contributed by atoms with Crippen molar-refractivity contribution in [2.24, 2.45) is 50.2 Å². The molecule has 0 bridgehead atoms. The minimum atomic E-state index is -1.69. The van der Waals surface area contributed by atoms with Gasteiger partial charge < -0.3 is 64.5 Å². The molecular formula is C42H66O15. The quantitative estimate of drug-likeness (QED) is 0.0988. The predicted molar refractivity (Wildman–Crippen MR) is 200 cm³/mol. The SMILES string of the molecule is COC(=O)[C@@]1(C)CC[C@]2(C(=O)O)CC[C@]3(C)C(=CCC4[C@@]5(C)CCC(OC6OCC(OC7OC(CO)C(O)C(O)C7O)C(O)C6O)[C@@](C)(CO)C5CC[C@]43C)C2C1. The van der Waals surface area contributed by atoms with Crippen LogP contribution in [0.1, 0.15) is 98.8 Å². The summed E-state index contributed by atoms with van der Waals surface area (Å²) in [4.78, 5) is 26.2. The molecule has 2 heterocycles. The van der Waals surface area contributed by atoms with E-state index in [4.69, 9.17) is 23.7 Å². The van der Waals surface area contributed by atoms with Crippen LogP contribution in [0.4, 0.5) is 0 Å². The van der Waals surface area contributed by atoms with Crippen LogP contribution in [0.3, 0.4) is 0 Å². The van der Waals surface area contributed by atoms with Gasteiger partial charge in [-0.1, -0.05) is 39.3 Å². The van der Waals surface area contributed by atoms with Crippen molar-refractivity contribution in [1.29, 1.82) is 0 Å². The summed E-state index contributed by atoms with van der Waals surface area (Å²) in [5, 5.41) is 84.6. The van der Waals surface area contributed by atoms with Crippen LogP contribution in [-0.2, 0) is 33.3 Å². The first-order chi connectivity index (χ1) is 26.7. The summed E-state index contributed by atoms with van der Waals surface area (Å²) in [7, 11) is 1.40. The van der Waals surface area contributed by atoms with E-state index in [9.17, 15) is 50.4 Å². The second-order valence-electron chi connectivity index (χ2n) is 19.9. The molecule has 15 heteroatoms. The maximum Gasteiger partial charge on any atom is 0.311 e. The topological polar surface area (TPSA) is 242 Å². The van der Waals surface area contributed by atoms with Gasteiger partial charge in [0.1, 0.15) is 42.7 Å². The molecule has 13 unspecified atom stereocenters.